The second-order valence-corrected chi connectivity index (χ2v) is 6.06. The second-order valence-electron chi connectivity index (χ2n) is 5.65. The van der Waals surface area contributed by atoms with Crippen molar-refractivity contribution < 1.29 is 14.3 Å². The van der Waals surface area contributed by atoms with E-state index in [0.717, 1.165) is 12.0 Å². The second kappa shape index (κ2) is 8.31. The number of hydrogen-bond donors (Lipinski definition) is 1. The highest BCUT2D eigenvalue weighted by Crippen LogP contribution is 2.40. The van der Waals surface area contributed by atoms with Gasteiger partial charge in [-0.15, -0.1) is 0 Å². The molecule has 1 aliphatic heterocycles. The number of nitrogens with one attached hydrogen (secondary N) is 1. The van der Waals surface area contributed by atoms with Crippen LogP contribution in [0.15, 0.2) is 24.3 Å². The predicted molar refractivity (Wildman–Crippen MR) is 89.2 cm³/mol. The molecule has 1 fully saturated rings. The Morgan fingerprint density at radius 2 is 2.17 bits per heavy atom. The number of nitrogens with zero attached hydrogens (tertiary/aromatic N) is 1. The molecule has 0 radical (unpaired) electrons. The summed E-state index contributed by atoms with van der Waals surface area (Å²) in [6.45, 7) is 3.48. The Hall–Kier alpha value is -1.59. The van der Waals surface area contributed by atoms with E-state index in [1.54, 1.807) is 18.1 Å². The number of methoxy groups -OCH3 is 1. The van der Waals surface area contributed by atoms with Crippen LogP contribution in [0.25, 0.3) is 0 Å². The first kappa shape index (κ1) is 17.8. The summed E-state index contributed by atoms with van der Waals surface area (Å²) in [4.78, 5) is 26.6. The number of halogens is 1. The van der Waals surface area contributed by atoms with E-state index in [0.29, 0.717) is 24.7 Å². The lowest BCUT2D eigenvalue weighted by Crippen LogP contribution is -2.37. The first-order valence-corrected chi connectivity index (χ1v) is 8.28. The van der Waals surface area contributed by atoms with E-state index in [-0.39, 0.29) is 24.3 Å². The normalized spacial score (nSPS) is 20.8. The molecule has 0 saturated carbocycles. The maximum atomic E-state index is 12.5. The lowest BCUT2D eigenvalue weighted by molar-refractivity contribution is -0.129. The number of ether oxygens (including phenoxy) is 1. The molecule has 126 valence electrons. The first-order valence-electron chi connectivity index (χ1n) is 7.90. The number of amides is 2. The highest BCUT2D eigenvalue weighted by Gasteiger charge is 2.44. The van der Waals surface area contributed by atoms with Crippen molar-refractivity contribution in [1.82, 2.24) is 10.2 Å². The van der Waals surface area contributed by atoms with Crippen LogP contribution in [0.5, 0.6) is 0 Å². The summed E-state index contributed by atoms with van der Waals surface area (Å²) in [7, 11) is 1.59. The molecule has 1 aromatic rings. The van der Waals surface area contributed by atoms with Gasteiger partial charge in [0, 0.05) is 31.6 Å². The molecule has 2 rings (SSSR count). The van der Waals surface area contributed by atoms with Crippen molar-refractivity contribution in [2.24, 2.45) is 5.92 Å². The summed E-state index contributed by atoms with van der Waals surface area (Å²) in [6.07, 6.45) is 1.06. The fourth-order valence-electron chi connectivity index (χ4n) is 2.96. The fraction of sp³-hybridized carbons (Fsp3) is 0.529. The minimum atomic E-state index is -0.425. The monoisotopic (exact) mass is 338 g/mol. The molecule has 1 N–H and O–H groups in total. The Kier molecular flexibility index (Phi) is 6.42. The quantitative estimate of drug-likeness (QED) is 0.830. The van der Waals surface area contributed by atoms with Gasteiger partial charge < -0.3 is 15.0 Å². The minimum Gasteiger partial charge on any atom is -0.383 e. The van der Waals surface area contributed by atoms with Gasteiger partial charge in [-0.1, -0.05) is 36.7 Å². The van der Waals surface area contributed by atoms with E-state index in [4.69, 9.17) is 16.3 Å². The lowest BCUT2D eigenvalue weighted by atomic mass is 9.92. The summed E-state index contributed by atoms with van der Waals surface area (Å²) in [5, 5.41) is 3.47. The molecule has 0 bridgehead atoms. The van der Waals surface area contributed by atoms with Gasteiger partial charge in [0.1, 0.15) is 0 Å². The molecule has 0 spiro atoms. The number of carbonyl (C=O) groups is 2. The molecule has 1 aliphatic rings. The molecule has 2 amide bonds. The van der Waals surface area contributed by atoms with E-state index in [1.807, 2.05) is 25.1 Å². The van der Waals surface area contributed by atoms with Crippen LogP contribution in [-0.2, 0) is 14.3 Å². The molecule has 1 heterocycles. The molecule has 0 aromatic heterocycles. The molecule has 5 nitrogen and oxygen atoms in total. The molecule has 1 aromatic carbocycles. The summed E-state index contributed by atoms with van der Waals surface area (Å²) in [5.41, 5.74) is 0.813. The van der Waals surface area contributed by atoms with Gasteiger partial charge in [0.05, 0.1) is 18.6 Å². The summed E-state index contributed by atoms with van der Waals surface area (Å²) in [5.74, 6) is -0.556. The fourth-order valence-corrected chi connectivity index (χ4v) is 3.21. The Labute approximate surface area is 141 Å². The number of carbonyl (C=O) groups excluding carboxylic acids is 2. The zero-order chi connectivity index (χ0) is 16.8. The highest BCUT2D eigenvalue weighted by atomic mass is 35.5. The summed E-state index contributed by atoms with van der Waals surface area (Å²) < 4.78 is 5.10. The average molecular weight is 339 g/mol. The molecular weight excluding hydrogens is 316 g/mol. The van der Waals surface area contributed by atoms with Crippen molar-refractivity contribution in [3.05, 3.63) is 34.9 Å². The number of likely N-dealkylation sites (tertiary alicyclic amines) is 1. The van der Waals surface area contributed by atoms with Crippen molar-refractivity contribution in [3.63, 3.8) is 0 Å². The smallest absolute Gasteiger partial charge is 0.226 e. The van der Waals surface area contributed by atoms with Crippen LogP contribution >= 0.6 is 11.6 Å². The Morgan fingerprint density at radius 1 is 1.43 bits per heavy atom. The summed E-state index contributed by atoms with van der Waals surface area (Å²) in [6, 6.07) is 7.04. The molecule has 2 atom stereocenters. The van der Waals surface area contributed by atoms with Crippen LogP contribution in [0.3, 0.4) is 0 Å². The molecule has 0 aliphatic carbocycles. The minimum absolute atomic E-state index is 0.0383. The standard InChI is InChI=1S/C17H23ClN2O3/c1-3-8-19-17(22)13-11-15(21)20(9-10-23-2)16(13)12-6-4-5-7-14(12)18/h4-7,13,16H,3,8-11H2,1-2H3,(H,19,22)/t13-,16+/m1/s1. The van der Waals surface area contributed by atoms with Crippen molar-refractivity contribution in [2.75, 3.05) is 26.8 Å². The highest BCUT2D eigenvalue weighted by molar-refractivity contribution is 6.31. The van der Waals surface area contributed by atoms with Crippen molar-refractivity contribution in [3.8, 4) is 0 Å². The van der Waals surface area contributed by atoms with Gasteiger partial charge in [0.15, 0.2) is 0 Å². The first-order chi connectivity index (χ1) is 11.1. The van der Waals surface area contributed by atoms with E-state index in [1.165, 1.54) is 0 Å². The van der Waals surface area contributed by atoms with E-state index in [2.05, 4.69) is 5.32 Å². The Morgan fingerprint density at radius 3 is 2.83 bits per heavy atom. The van der Waals surface area contributed by atoms with Gasteiger partial charge in [-0.2, -0.15) is 0 Å². The number of benzene rings is 1. The topological polar surface area (TPSA) is 58.6 Å². The van der Waals surface area contributed by atoms with Gasteiger partial charge in [0.25, 0.3) is 0 Å². The van der Waals surface area contributed by atoms with Gasteiger partial charge in [0.2, 0.25) is 11.8 Å². The SMILES string of the molecule is CCCNC(=O)[C@@H]1CC(=O)N(CCOC)[C@H]1c1ccccc1Cl. The molecule has 23 heavy (non-hydrogen) atoms. The van der Waals surface area contributed by atoms with Crippen LogP contribution < -0.4 is 5.32 Å². The Balaban J connectivity index is 2.32. The van der Waals surface area contributed by atoms with Crippen LogP contribution in [0.2, 0.25) is 5.02 Å². The van der Waals surface area contributed by atoms with E-state index >= 15 is 0 Å². The van der Waals surface area contributed by atoms with Crippen molar-refractivity contribution >= 4 is 23.4 Å². The van der Waals surface area contributed by atoms with Gasteiger partial charge in [-0.3, -0.25) is 9.59 Å². The zero-order valence-electron chi connectivity index (χ0n) is 13.5. The van der Waals surface area contributed by atoms with Crippen molar-refractivity contribution in [2.45, 2.75) is 25.8 Å². The largest absolute Gasteiger partial charge is 0.383 e. The van der Waals surface area contributed by atoms with E-state index in [9.17, 15) is 9.59 Å². The predicted octanol–water partition coefficient (Wildman–Crippen LogP) is 2.40. The third-order valence-corrected chi connectivity index (χ3v) is 4.42. The number of rotatable bonds is 7. The van der Waals surface area contributed by atoms with Crippen molar-refractivity contribution in [1.29, 1.82) is 0 Å². The lowest BCUT2D eigenvalue weighted by Gasteiger charge is -2.28. The van der Waals surface area contributed by atoms with Gasteiger partial charge in [-0.25, -0.2) is 0 Å². The average Bonchev–Trinajstić information content (AvgIpc) is 2.87. The summed E-state index contributed by atoms with van der Waals surface area (Å²) >= 11 is 6.32. The molecule has 1 saturated heterocycles. The number of hydrogen-bond acceptors (Lipinski definition) is 3. The van der Waals surface area contributed by atoms with Crippen LogP contribution in [0, 0.1) is 5.92 Å². The molecular formula is C17H23ClN2O3. The van der Waals surface area contributed by atoms with Gasteiger partial charge >= 0.3 is 0 Å². The maximum absolute atomic E-state index is 12.5. The third kappa shape index (κ3) is 4.03. The van der Waals surface area contributed by atoms with Crippen LogP contribution in [0.4, 0.5) is 0 Å². The maximum Gasteiger partial charge on any atom is 0.226 e. The zero-order valence-corrected chi connectivity index (χ0v) is 14.3. The van der Waals surface area contributed by atoms with Crippen LogP contribution in [0.1, 0.15) is 31.4 Å². The third-order valence-electron chi connectivity index (χ3n) is 4.08. The Bertz CT molecular complexity index is 565. The molecule has 0 unspecified atom stereocenters. The van der Waals surface area contributed by atoms with Gasteiger partial charge in [-0.05, 0) is 18.1 Å². The van der Waals surface area contributed by atoms with Crippen LogP contribution in [-0.4, -0.2) is 43.5 Å². The van der Waals surface area contributed by atoms with E-state index < -0.39 is 5.92 Å². The molecule has 6 heteroatoms.